The molecule has 186 valence electrons. The van der Waals surface area contributed by atoms with Crippen LogP contribution < -0.4 is 27.4 Å². The number of carbonyl (C=O) groups excluding carboxylic acids is 3. The van der Waals surface area contributed by atoms with Gasteiger partial charge in [-0.1, -0.05) is 18.7 Å². The van der Waals surface area contributed by atoms with Gasteiger partial charge < -0.3 is 37.1 Å². The number of carbonyl (C=O) groups is 3. The molecule has 0 spiro atoms. The van der Waals surface area contributed by atoms with Crippen LogP contribution in [0.2, 0.25) is 0 Å². The van der Waals surface area contributed by atoms with Crippen LogP contribution in [0.4, 0.5) is 16.2 Å². The van der Waals surface area contributed by atoms with E-state index in [0.717, 1.165) is 11.3 Å². The van der Waals surface area contributed by atoms with E-state index in [-0.39, 0.29) is 17.9 Å². The number of amides is 4. The number of aliphatic imine (C=N–C) groups is 1. The molecule has 1 saturated heterocycles. The van der Waals surface area contributed by atoms with Crippen LogP contribution in [0, 0.1) is 0 Å². The molecular weight excluding hydrogens is 450 g/mol. The lowest BCUT2D eigenvalue weighted by Gasteiger charge is -2.32. The molecule has 0 aromatic heterocycles. The van der Waals surface area contributed by atoms with Gasteiger partial charge >= 0.3 is 6.03 Å². The molecule has 0 radical (unpaired) electrons. The number of anilines is 2. The number of guanidine groups is 1. The smallest absolute Gasteiger partial charge is 0.316 e. The van der Waals surface area contributed by atoms with Crippen molar-refractivity contribution in [2.24, 2.45) is 16.5 Å². The van der Waals surface area contributed by atoms with Crippen LogP contribution in [-0.4, -0.2) is 62.5 Å². The Morgan fingerprint density at radius 3 is 2.20 bits per heavy atom. The molecule has 11 nitrogen and oxygen atoms in total. The summed E-state index contributed by atoms with van der Waals surface area (Å²) in [5.41, 5.74) is 13.5. The Morgan fingerprint density at radius 2 is 1.66 bits per heavy atom. The average Bonchev–Trinajstić information content (AvgIpc) is 2.88. The van der Waals surface area contributed by atoms with E-state index < -0.39 is 6.03 Å². The molecule has 1 unspecified atom stereocenters. The summed E-state index contributed by atoms with van der Waals surface area (Å²) in [4.78, 5) is 39.0. The van der Waals surface area contributed by atoms with Gasteiger partial charge in [-0.3, -0.25) is 14.6 Å². The summed E-state index contributed by atoms with van der Waals surface area (Å²) in [5.74, 6) is 0.131. The number of ether oxygens (including phenoxy) is 1. The van der Waals surface area contributed by atoms with Gasteiger partial charge in [0.05, 0.1) is 13.2 Å². The van der Waals surface area contributed by atoms with Crippen molar-refractivity contribution in [2.45, 2.75) is 6.10 Å². The molecule has 1 heterocycles. The van der Waals surface area contributed by atoms with Crippen molar-refractivity contribution in [2.75, 3.05) is 44.4 Å². The Labute approximate surface area is 204 Å². The zero-order chi connectivity index (χ0) is 25.8. The number of rotatable bonds is 5. The van der Waals surface area contributed by atoms with Crippen molar-refractivity contribution >= 4 is 35.2 Å². The van der Waals surface area contributed by atoms with E-state index >= 15 is 0 Å². The third-order valence-electron chi connectivity index (χ3n) is 4.99. The van der Waals surface area contributed by atoms with Crippen molar-refractivity contribution in [3.05, 3.63) is 72.3 Å². The molecule has 2 aromatic rings. The number of morpholine rings is 1. The second kappa shape index (κ2) is 13.4. The van der Waals surface area contributed by atoms with Crippen LogP contribution >= 0.6 is 0 Å². The minimum atomic E-state index is -0.602. The Balaban J connectivity index is 0.000000258. The lowest BCUT2D eigenvalue weighted by molar-refractivity contribution is -0.133. The zero-order valence-corrected chi connectivity index (χ0v) is 19.8. The van der Waals surface area contributed by atoms with Crippen molar-refractivity contribution in [1.82, 2.24) is 10.2 Å². The maximum absolute atomic E-state index is 11.6. The molecular formula is C24H31N7O4. The van der Waals surface area contributed by atoms with E-state index in [9.17, 15) is 14.4 Å². The second-order valence-corrected chi connectivity index (χ2v) is 7.35. The van der Waals surface area contributed by atoms with E-state index in [0.29, 0.717) is 36.9 Å². The van der Waals surface area contributed by atoms with Gasteiger partial charge in [-0.25, -0.2) is 4.79 Å². The summed E-state index contributed by atoms with van der Waals surface area (Å²) in [6, 6.07) is 13.5. The molecule has 3 rings (SSSR count). The number of nitrogens with zero attached hydrogens (tertiary/aromatic N) is 2. The monoisotopic (exact) mass is 481 g/mol. The highest BCUT2D eigenvalue weighted by molar-refractivity contribution is 5.96. The highest BCUT2D eigenvalue weighted by Gasteiger charge is 2.24. The fourth-order valence-corrected chi connectivity index (χ4v) is 3.16. The SMILES string of the molecule is C=CC(=O)N1CCOC(c2ccc(NC(N)=O)cc2)C1.CN=C(N)Nc1ccc(C(=O)NC)cc1. The summed E-state index contributed by atoms with van der Waals surface area (Å²) < 4.78 is 5.67. The van der Waals surface area contributed by atoms with Crippen LogP contribution in [0.15, 0.2) is 66.2 Å². The van der Waals surface area contributed by atoms with Crippen LogP contribution in [0.5, 0.6) is 0 Å². The number of nitrogens with two attached hydrogens (primary N) is 2. The predicted octanol–water partition coefficient (Wildman–Crippen LogP) is 1.67. The largest absolute Gasteiger partial charge is 0.370 e. The first-order valence-corrected chi connectivity index (χ1v) is 10.8. The van der Waals surface area contributed by atoms with E-state index in [1.165, 1.54) is 6.08 Å². The lowest BCUT2D eigenvalue weighted by Crippen LogP contribution is -2.41. The summed E-state index contributed by atoms with van der Waals surface area (Å²) in [6.07, 6.45) is 1.14. The molecule has 0 aliphatic carbocycles. The van der Waals surface area contributed by atoms with Crippen LogP contribution in [-0.2, 0) is 9.53 Å². The molecule has 0 saturated carbocycles. The molecule has 1 fully saturated rings. The number of primary amides is 1. The van der Waals surface area contributed by atoms with Crippen molar-refractivity contribution in [3.63, 3.8) is 0 Å². The average molecular weight is 482 g/mol. The van der Waals surface area contributed by atoms with Gasteiger partial charge in [-0.05, 0) is 48.0 Å². The maximum Gasteiger partial charge on any atom is 0.316 e. The second-order valence-electron chi connectivity index (χ2n) is 7.35. The number of benzene rings is 2. The van der Waals surface area contributed by atoms with Gasteiger partial charge in [0.2, 0.25) is 5.91 Å². The van der Waals surface area contributed by atoms with Gasteiger partial charge in [0.15, 0.2) is 5.96 Å². The minimum absolute atomic E-state index is 0.0923. The molecule has 1 aliphatic heterocycles. The third kappa shape index (κ3) is 8.48. The van der Waals surface area contributed by atoms with Gasteiger partial charge in [-0.2, -0.15) is 0 Å². The molecule has 7 N–H and O–H groups in total. The van der Waals surface area contributed by atoms with Crippen LogP contribution in [0.1, 0.15) is 22.0 Å². The molecule has 4 amide bonds. The number of nitrogens with one attached hydrogen (secondary N) is 3. The quantitative estimate of drug-likeness (QED) is 0.248. The summed E-state index contributed by atoms with van der Waals surface area (Å²) >= 11 is 0. The number of hydrogen-bond acceptors (Lipinski definition) is 5. The van der Waals surface area contributed by atoms with Gasteiger partial charge in [0.1, 0.15) is 6.10 Å². The topological polar surface area (TPSA) is 164 Å². The Hall–Kier alpha value is -4.38. The predicted molar refractivity (Wildman–Crippen MR) is 136 cm³/mol. The highest BCUT2D eigenvalue weighted by Crippen LogP contribution is 2.23. The van der Waals surface area contributed by atoms with E-state index in [4.69, 9.17) is 16.2 Å². The zero-order valence-electron chi connectivity index (χ0n) is 19.8. The van der Waals surface area contributed by atoms with Crippen molar-refractivity contribution in [3.8, 4) is 0 Å². The number of urea groups is 1. The number of hydrogen-bond donors (Lipinski definition) is 5. The summed E-state index contributed by atoms with van der Waals surface area (Å²) in [7, 11) is 3.19. The first-order chi connectivity index (χ1) is 16.8. The molecule has 2 aromatic carbocycles. The first-order valence-electron chi connectivity index (χ1n) is 10.8. The minimum Gasteiger partial charge on any atom is -0.370 e. The fraction of sp³-hybridized carbons (Fsp3) is 0.250. The molecule has 0 bridgehead atoms. The van der Waals surface area contributed by atoms with E-state index in [2.05, 4.69) is 27.5 Å². The van der Waals surface area contributed by atoms with Gasteiger partial charge in [-0.15, -0.1) is 0 Å². The first kappa shape index (κ1) is 26.9. The Morgan fingerprint density at radius 1 is 1.06 bits per heavy atom. The lowest BCUT2D eigenvalue weighted by atomic mass is 10.1. The summed E-state index contributed by atoms with van der Waals surface area (Å²) in [6.45, 7) is 5.05. The fourth-order valence-electron chi connectivity index (χ4n) is 3.16. The molecule has 35 heavy (non-hydrogen) atoms. The summed E-state index contributed by atoms with van der Waals surface area (Å²) in [5, 5.41) is 7.91. The molecule has 11 heteroatoms. The van der Waals surface area contributed by atoms with Gasteiger partial charge in [0, 0.05) is 37.6 Å². The Kier molecular flexibility index (Phi) is 10.3. The van der Waals surface area contributed by atoms with E-state index in [1.807, 2.05) is 12.1 Å². The standard InChI is InChI=1S/C14H17N3O3.C10H14N4O/c1-2-13(18)17-7-8-20-12(9-17)10-3-5-11(6-4-10)16-14(15)19;1-12-9(15)7-3-5-8(6-4-7)14-10(11)13-2/h2-6,12H,1,7-9H2,(H3,15,16,19);3-6H,1-2H3,(H,12,15)(H3,11,13,14). The molecule has 1 aliphatic rings. The Bertz CT molecular complexity index is 1050. The van der Waals surface area contributed by atoms with Crippen molar-refractivity contribution in [1.29, 1.82) is 0 Å². The van der Waals surface area contributed by atoms with Crippen LogP contribution in [0.25, 0.3) is 0 Å². The maximum atomic E-state index is 11.6. The van der Waals surface area contributed by atoms with Gasteiger partial charge in [0.25, 0.3) is 5.91 Å². The highest BCUT2D eigenvalue weighted by atomic mass is 16.5. The van der Waals surface area contributed by atoms with E-state index in [1.54, 1.807) is 55.4 Å². The normalized spacial score (nSPS) is 15.2. The molecule has 1 atom stereocenters. The third-order valence-corrected chi connectivity index (χ3v) is 4.99. The van der Waals surface area contributed by atoms with Crippen molar-refractivity contribution < 1.29 is 19.1 Å². The van der Waals surface area contributed by atoms with Crippen LogP contribution in [0.3, 0.4) is 0 Å².